The zero-order chi connectivity index (χ0) is 18.7. The van der Waals surface area contributed by atoms with Gasteiger partial charge in [0.1, 0.15) is 0 Å². The van der Waals surface area contributed by atoms with Crippen molar-refractivity contribution in [2.75, 3.05) is 5.43 Å². The maximum atomic E-state index is 12.1. The third-order valence-electron chi connectivity index (χ3n) is 3.52. The molecule has 0 saturated carbocycles. The first-order chi connectivity index (χ1) is 12.4. The van der Waals surface area contributed by atoms with Crippen LogP contribution in [0.1, 0.15) is 15.2 Å². The molecule has 2 N–H and O–H groups in total. The van der Waals surface area contributed by atoms with Crippen molar-refractivity contribution in [2.45, 2.75) is 6.92 Å². The number of hydrazine groups is 1. The van der Waals surface area contributed by atoms with Gasteiger partial charge in [0.15, 0.2) is 0 Å². The number of amides is 1. The molecule has 0 fully saturated rings. The average Bonchev–Trinajstić information content (AvgIpc) is 3.01. The lowest BCUT2D eigenvalue weighted by Crippen LogP contribution is -2.29. The minimum atomic E-state index is -0.448. The second-order valence-corrected chi connectivity index (χ2v) is 6.96. The number of nitrogens with one attached hydrogen (secondary N) is 2. The molecule has 2 aromatic carbocycles. The Morgan fingerprint density at radius 2 is 1.96 bits per heavy atom. The standard InChI is InChI=1S/C17H13ClN4O3S/c1-10-15(12-3-2-4-14(9-12)22(24)25)19-17(26-10)21-20-16(23)11-5-7-13(18)8-6-11/h2-9H,1H3,(H,19,21)(H,20,23). The number of thiazole rings is 1. The van der Waals surface area contributed by atoms with Crippen LogP contribution in [0.5, 0.6) is 0 Å². The van der Waals surface area contributed by atoms with E-state index in [1.54, 1.807) is 36.4 Å². The molecule has 3 rings (SSSR count). The molecule has 0 aliphatic rings. The van der Waals surface area contributed by atoms with Crippen molar-refractivity contribution < 1.29 is 9.72 Å². The Balaban J connectivity index is 1.74. The smallest absolute Gasteiger partial charge is 0.270 e. The Morgan fingerprint density at radius 3 is 2.65 bits per heavy atom. The van der Waals surface area contributed by atoms with Gasteiger partial charge in [-0.05, 0) is 31.2 Å². The van der Waals surface area contributed by atoms with Crippen molar-refractivity contribution >= 4 is 39.7 Å². The zero-order valence-electron chi connectivity index (χ0n) is 13.5. The van der Waals surface area contributed by atoms with Gasteiger partial charge in [-0.15, -0.1) is 11.3 Å². The van der Waals surface area contributed by atoms with E-state index in [-0.39, 0.29) is 11.6 Å². The molecule has 0 spiro atoms. The number of carbonyl (C=O) groups is 1. The van der Waals surface area contributed by atoms with Crippen molar-refractivity contribution in [3.8, 4) is 11.3 Å². The minimum Gasteiger partial charge on any atom is -0.273 e. The van der Waals surface area contributed by atoms with E-state index >= 15 is 0 Å². The molecular formula is C17H13ClN4O3S. The summed E-state index contributed by atoms with van der Waals surface area (Å²) in [5.74, 6) is -0.327. The summed E-state index contributed by atoms with van der Waals surface area (Å²) in [6.45, 7) is 1.86. The lowest BCUT2D eigenvalue weighted by Gasteiger charge is -2.05. The molecule has 1 aromatic heterocycles. The van der Waals surface area contributed by atoms with E-state index in [1.165, 1.54) is 23.5 Å². The number of hydrogen-bond acceptors (Lipinski definition) is 6. The average molecular weight is 389 g/mol. The van der Waals surface area contributed by atoms with Crippen LogP contribution in [0.4, 0.5) is 10.8 Å². The molecule has 0 aliphatic carbocycles. The molecule has 0 radical (unpaired) electrons. The molecular weight excluding hydrogens is 376 g/mol. The van der Waals surface area contributed by atoms with E-state index in [2.05, 4.69) is 15.8 Å². The molecule has 3 aromatic rings. The van der Waals surface area contributed by atoms with Crippen LogP contribution >= 0.6 is 22.9 Å². The highest BCUT2D eigenvalue weighted by Crippen LogP contribution is 2.31. The highest BCUT2D eigenvalue weighted by Gasteiger charge is 2.14. The van der Waals surface area contributed by atoms with E-state index in [0.29, 0.717) is 27.0 Å². The monoisotopic (exact) mass is 388 g/mol. The van der Waals surface area contributed by atoms with Gasteiger partial charge < -0.3 is 0 Å². The van der Waals surface area contributed by atoms with Crippen molar-refractivity contribution in [1.82, 2.24) is 10.4 Å². The largest absolute Gasteiger partial charge is 0.273 e. The summed E-state index contributed by atoms with van der Waals surface area (Å²) in [6.07, 6.45) is 0. The van der Waals surface area contributed by atoms with Gasteiger partial charge in [0.25, 0.3) is 11.6 Å². The number of benzene rings is 2. The number of nitro benzene ring substituents is 1. The van der Waals surface area contributed by atoms with Gasteiger partial charge in [-0.3, -0.25) is 25.8 Å². The molecule has 0 atom stereocenters. The summed E-state index contributed by atoms with van der Waals surface area (Å²) < 4.78 is 0. The van der Waals surface area contributed by atoms with E-state index in [4.69, 9.17) is 11.6 Å². The number of aryl methyl sites for hydroxylation is 1. The second kappa shape index (κ2) is 7.51. The number of halogens is 1. The molecule has 132 valence electrons. The van der Waals surface area contributed by atoms with E-state index < -0.39 is 4.92 Å². The van der Waals surface area contributed by atoms with Crippen LogP contribution in [-0.2, 0) is 0 Å². The van der Waals surface area contributed by atoms with Crippen LogP contribution < -0.4 is 10.9 Å². The van der Waals surface area contributed by atoms with E-state index in [9.17, 15) is 14.9 Å². The third-order valence-corrected chi connectivity index (χ3v) is 4.65. The lowest BCUT2D eigenvalue weighted by atomic mass is 10.1. The fraction of sp³-hybridized carbons (Fsp3) is 0.0588. The first kappa shape index (κ1) is 17.8. The molecule has 0 aliphatic heterocycles. The van der Waals surface area contributed by atoms with Gasteiger partial charge in [-0.2, -0.15) is 0 Å². The number of non-ortho nitro benzene ring substituents is 1. The summed E-state index contributed by atoms with van der Waals surface area (Å²) >= 11 is 7.14. The summed E-state index contributed by atoms with van der Waals surface area (Å²) in [5, 5.41) is 12.0. The van der Waals surface area contributed by atoms with Gasteiger partial charge in [0.2, 0.25) is 5.13 Å². The maximum absolute atomic E-state index is 12.1. The van der Waals surface area contributed by atoms with Crippen molar-refractivity contribution in [2.24, 2.45) is 0 Å². The molecule has 7 nitrogen and oxygen atoms in total. The Morgan fingerprint density at radius 1 is 1.23 bits per heavy atom. The first-order valence-electron chi connectivity index (χ1n) is 7.48. The number of anilines is 1. The number of aromatic nitrogens is 1. The fourth-order valence-electron chi connectivity index (χ4n) is 2.27. The highest BCUT2D eigenvalue weighted by atomic mass is 35.5. The number of hydrogen-bond donors (Lipinski definition) is 2. The Labute approximate surface area is 157 Å². The lowest BCUT2D eigenvalue weighted by molar-refractivity contribution is -0.384. The summed E-state index contributed by atoms with van der Waals surface area (Å²) in [6, 6.07) is 12.7. The maximum Gasteiger partial charge on any atom is 0.270 e. The molecule has 26 heavy (non-hydrogen) atoms. The van der Waals surface area contributed by atoms with Gasteiger partial charge in [-0.1, -0.05) is 23.7 Å². The van der Waals surface area contributed by atoms with E-state index in [1.807, 2.05) is 6.92 Å². The highest BCUT2D eigenvalue weighted by molar-refractivity contribution is 7.16. The Hall–Kier alpha value is -2.97. The number of nitrogens with zero attached hydrogens (tertiary/aromatic N) is 2. The molecule has 1 amide bonds. The molecule has 0 unspecified atom stereocenters. The van der Waals surface area contributed by atoms with Crippen LogP contribution in [-0.4, -0.2) is 15.8 Å². The van der Waals surface area contributed by atoms with Crippen LogP contribution in [0.2, 0.25) is 5.02 Å². The minimum absolute atomic E-state index is 0.000417. The van der Waals surface area contributed by atoms with Crippen molar-refractivity contribution in [1.29, 1.82) is 0 Å². The Bertz CT molecular complexity index is 972. The summed E-state index contributed by atoms with van der Waals surface area (Å²) in [4.78, 5) is 27.9. The van der Waals surface area contributed by atoms with Crippen LogP contribution in [0.15, 0.2) is 48.5 Å². The van der Waals surface area contributed by atoms with Crippen molar-refractivity contribution in [3.05, 3.63) is 74.1 Å². The fourth-order valence-corrected chi connectivity index (χ4v) is 3.18. The normalized spacial score (nSPS) is 10.4. The zero-order valence-corrected chi connectivity index (χ0v) is 15.1. The quantitative estimate of drug-likeness (QED) is 0.497. The van der Waals surface area contributed by atoms with Crippen molar-refractivity contribution in [3.63, 3.8) is 0 Å². The summed E-state index contributed by atoms with van der Waals surface area (Å²) in [7, 11) is 0. The second-order valence-electron chi connectivity index (χ2n) is 5.32. The molecule has 1 heterocycles. The molecule has 9 heteroatoms. The van der Waals surface area contributed by atoms with Crippen LogP contribution in [0.3, 0.4) is 0 Å². The predicted octanol–water partition coefficient (Wildman–Crippen LogP) is 4.44. The number of carbonyl (C=O) groups excluding carboxylic acids is 1. The number of nitro groups is 1. The predicted molar refractivity (Wildman–Crippen MR) is 101 cm³/mol. The summed E-state index contributed by atoms with van der Waals surface area (Å²) in [5.41, 5.74) is 7.05. The number of rotatable bonds is 5. The third kappa shape index (κ3) is 3.98. The van der Waals surface area contributed by atoms with Gasteiger partial charge in [0, 0.05) is 33.2 Å². The molecule has 0 bridgehead atoms. The van der Waals surface area contributed by atoms with Gasteiger partial charge in [-0.25, -0.2) is 4.98 Å². The molecule has 0 saturated heterocycles. The SMILES string of the molecule is Cc1sc(NNC(=O)c2ccc(Cl)cc2)nc1-c1cccc([N+](=O)[O-])c1. The Kier molecular flexibility index (Phi) is 5.15. The van der Waals surface area contributed by atoms with Crippen LogP contribution in [0, 0.1) is 17.0 Å². The first-order valence-corrected chi connectivity index (χ1v) is 8.67. The van der Waals surface area contributed by atoms with E-state index in [0.717, 1.165) is 4.88 Å². The van der Waals surface area contributed by atoms with Gasteiger partial charge >= 0.3 is 0 Å². The van der Waals surface area contributed by atoms with Gasteiger partial charge in [0.05, 0.1) is 10.6 Å². The van der Waals surface area contributed by atoms with Crippen LogP contribution in [0.25, 0.3) is 11.3 Å². The topological polar surface area (TPSA) is 97.2 Å².